The molecule has 3 rings (SSSR count). The van der Waals surface area contributed by atoms with Crippen LogP contribution in [-0.2, 0) is 21.2 Å². The fraction of sp³-hybridized carbons (Fsp3) is 0.407. The molecule has 0 amide bonds. The first-order valence-corrected chi connectivity index (χ1v) is 15.5. The van der Waals surface area contributed by atoms with Crippen LogP contribution in [0.3, 0.4) is 0 Å². The molecule has 200 valence electrons. The van der Waals surface area contributed by atoms with Crippen molar-refractivity contribution >= 4 is 58.8 Å². The summed E-state index contributed by atoms with van der Waals surface area (Å²) >= 11 is 7.07. The maximum atomic E-state index is 13.5. The van der Waals surface area contributed by atoms with Crippen molar-refractivity contribution in [2.75, 3.05) is 5.33 Å². The molecule has 7 nitrogen and oxygen atoms in total. The topological polar surface area (TPSA) is 103 Å². The second-order valence-corrected chi connectivity index (χ2v) is 12.9. The molecule has 0 unspecified atom stereocenters. The monoisotopic (exact) mass is 655 g/mol. The van der Waals surface area contributed by atoms with Gasteiger partial charge in [0.25, 0.3) is 0 Å². The Labute approximate surface area is 234 Å². The summed E-state index contributed by atoms with van der Waals surface area (Å²) in [4.78, 5) is 25.7. The van der Waals surface area contributed by atoms with Gasteiger partial charge in [-0.2, -0.15) is 4.72 Å². The van der Waals surface area contributed by atoms with Gasteiger partial charge in [0.1, 0.15) is 17.4 Å². The van der Waals surface area contributed by atoms with Crippen LogP contribution in [0.1, 0.15) is 42.5 Å². The third-order valence-electron chi connectivity index (χ3n) is 6.39. The molecule has 3 aromatic rings. The molecule has 0 aliphatic rings. The maximum Gasteiger partial charge on any atom is 0.336 e. The number of alkyl halides is 2. The molecule has 0 fully saturated rings. The van der Waals surface area contributed by atoms with Crippen molar-refractivity contribution in [1.82, 2.24) is 4.72 Å². The number of aryl methyl sites for hydroxylation is 3. The Hall–Kier alpha value is -2.01. The summed E-state index contributed by atoms with van der Waals surface area (Å²) < 4.78 is 40.2. The van der Waals surface area contributed by atoms with Gasteiger partial charge in [-0.25, -0.2) is 18.0 Å². The number of hydrogen-bond acceptors (Lipinski definition) is 6. The van der Waals surface area contributed by atoms with Gasteiger partial charge < -0.3 is 9.15 Å². The van der Waals surface area contributed by atoms with Crippen LogP contribution in [0.15, 0.2) is 50.5 Å². The number of halogens is 2. The summed E-state index contributed by atoms with van der Waals surface area (Å²) in [6, 6.07) is 8.56. The van der Waals surface area contributed by atoms with Crippen molar-refractivity contribution < 1.29 is 22.4 Å². The van der Waals surface area contributed by atoms with Gasteiger partial charge in [0.05, 0.1) is 4.90 Å². The van der Waals surface area contributed by atoms with Gasteiger partial charge in [-0.05, 0) is 62.4 Å². The summed E-state index contributed by atoms with van der Waals surface area (Å²) in [7, 11) is -3.98. The summed E-state index contributed by atoms with van der Waals surface area (Å²) in [5.74, 6) is -0.809. The third-order valence-corrected chi connectivity index (χ3v) is 10.1. The van der Waals surface area contributed by atoms with E-state index in [9.17, 15) is 18.0 Å². The van der Waals surface area contributed by atoms with Crippen molar-refractivity contribution in [3.05, 3.63) is 69.1 Å². The molecular weight excluding hydrogens is 626 g/mol. The van der Waals surface area contributed by atoms with E-state index in [1.165, 1.54) is 18.2 Å². The smallest absolute Gasteiger partial charge is 0.336 e. The minimum absolute atomic E-state index is 0.0447. The lowest BCUT2D eigenvalue weighted by atomic mass is 9.98. The number of sulfonamides is 1. The lowest BCUT2D eigenvalue weighted by molar-refractivity contribution is -0.137. The molecule has 1 aromatic heterocycles. The number of esters is 1. The van der Waals surface area contributed by atoms with Gasteiger partial charge in [-0.3, -0.25) is 0 Å². The van der Waals surface area contributed by atoms with E-state index in [0.29, 0.717) is 29.3 Å². The van der Waals surface area contributed by atoms with E-state index < -0.39 is 27.7 Å². The highest BCUT2D eigenvalue weighted by molar-refractivity contribution is 9.12. The van der Waals surface area contributed by atoms with Crippen LogP contribution in [0.2, 0.25) is 0 Å². The minimum Gasteiger partial charge on any atom is -0.425 e. The zero-order valence-electron chi connectivity index (χ0n) is 21.4. The lowest BCUT2D eigenvalue weighted by Crippen LogP contribution is -2.47. The number of rotatable bonds is 10. The number of carbonyl (C=O) groups is 1. The second kappa shape index (κ2) is 12.2. The van der Waals surface area contributed by atoms with E-state index in [1.54, 1.807) is 26.0 Å². The Morgan fingerprint density at radius 2 is 1.78 bits per heavy atom. The second-order valence-electron chi connectivity index (χ2n) is 9.29. The minimum atomic E-state index is -3.98. The van der Waals surface area contributed by atoms with Crippen molar-refractivity contribution in [2.45, 2.75) is 63.2 Å². The van der Waals surface area contributed by atoms with Crippen LogP contribution in [-0.4, -0.2) is 30.6 Å². The highest BCUT2D eigenvalue weighted by Gasteiger charge is 2.32. The first-order valence-electron chi connectivity index (χ1n) is 12.0. The van der Waals surface area contributed by atoms with E-state index in [2.05, 4.69) is 36.6 Å². The summed E-state index contributed by atoms with van der Waals surface area (Å²) in [6.45, 7) is 9.08. The molecule has 0 saturated heterocycles. The number of hydrogen-bond donors (Lipinski definition) is 1. The average Bonchev–Trinajstić information content (AvgIpc) is 2.85. The van der Waals surface area contributed by atoms with E-state index in [-0.39, 0.29) is 21.4 Å². The molecule has 10 heteroatoms. The fourth-order valence-corrected chi connectivity index (χ4v) is 5.87. The van der Waals surface area contributed by atoms with Crippen LogP contribution >= 0.6 is 31.9 Å². The molecule has 37 heavy (non-hydrogen) atoms. The van der Waals surface area contributed by atoms with Crippen molar-refractivity contribution in [1.29, 1.82) is 0 Å². The van der Waals surface area contributed by atoms with Crippen LogP contribution in [0, 0.1) is 26.7 Å². The van der Waals surface area contributed by atoms with E-state index in [1.807, 2.05) is 26.8 Å². The number of carbonyl (C=O) groups excluding carboxylic acids is 1. The van der Waals surface area contributed by atoms with Gasteiger partial charge >= 0.3 is 11.6 Å². The molecule has 0 radical (unpaired) electrons. The number of benzene rings is 2. The van der Waals surface area contributed by atoms with E-state index >= 15 is 0 Å². The number of fused-ring (bicyclic) bond motifs is 1. The van der Waals surface area contributed by atoms with Gasteiger partial charge in [0, 0.05) is 27.2 Å². The number of ether oxygens (including phenoxy) is 1. The van der Waals surface area contributed by atoms with Crippen LogP contribution in [0.5, 0.6) is 5.75 Å². The summed E-state index contributed by atoms with van der Waals surface area (Å²) in [5.41, 5.74) is 2.75. The molecule has 0 spiro atoms. The fourth-order valence-electron chi connectivity index (χ4n) is 4.00. The predicted octanol–water partition coefficient (Wildman–Crippen LogP) is 5.72. The Bertz CT molecular complexity index is 1450. The molecule has 0 aliphatic carbocycles. The van der Waals surface area contributed by atoms with Crippen molar-refractivity contribution in [3.8, 4) is 5.75 Å². The SMILES string of the molecule is CC[C@@H](C)[C@H](NS(=O)(=O)c1ccc(C)cc1)C(=O)Oc1c(C[C@@H](Br)CBr)cc2c(C)cc(=O)oc2c1C. The first kappa shape index (κ1) is 29.5. The third kappa shape index (κ3) is 6.90. The van der Waals surface area contributed by atoms with Crippen LogP contribution < -0.4 is 15.1 Å². The highest BCUT2D eigenvalue weighted by Crippen LogP contribution is 2.35. The van der Waals surface area contributed by atoms with E-state index in [0.717, 1.165) is 22.1 Å². The first-order chi connectivity index (χ1) is 17.4. The number of nitrogens with one attached hydrogen (secondary N) is 1. The van der Waals surface area contributed by atoms with Gasteiger partial charge in [0.2, 0.25) is 10.0 Å². The van der Waals surface area contributed by atoms with Gasteiger partial charge in [-0.1, -0.05) is 69.8 Å². The van der Waals surface area contributed by atoms with Gasteiger partial charge in [-0.15, -0.1) is 0 Å². The zero-order valence-corrected chi connectivity index (χ0v) is 25.4. The molecule has 1 heterocycles. The summed E-state index contributed by atoms with van der Waals surface area (Å²) in [5, 5.41) is 1.41. The summed E-state index contributed by atoms with van der Waals surface area (Å²) in [6.07, 6.45) is 1.06. The Kier molecular flexibility index (Phi) is 9.77. The van der Waals surface area contributed by atoms with Crippen molar-refractivity contribution in [3.63, 3.8) is 0 Å². The lowest BCUT2D eigenvalue weighted by Gasteiger charge is -2.24. The Morgan fingerprint density at radius 3 is 2.38 bits per heavy atom. The highest BCUT2D eigenvalue weighted by atomic mass is 79.9. The van der Waals surface area contributed by atoms with Crippen LogP contribution in [0.4, 0.5) is 0 Å². The average molecular weight is 657 g/mol. The van der Waals surface area contributed by atoms with Gasteiger partial charge in [0.15, 0.2) is 0 Å². The van der Waals surface area contributed by atoms with E-state index in [4.69, 9.17) is 9.15 Å². The largest absolute Gasteiger partial charge is 0.425 e. The zero-order chi connectivity index (χ0) is 27.5. The molecule has 1 N–H and O–H groups in total. The molecule has 2 aromatic carbocycles. The molecule has 3 atom stereocenters. The van der Waals surface area contributed by atoms with Crippen molar-refractivity contribution in [2.24, 2.45) is 5.92 Å². The molecular formula is C27H31Br2NO6S. The predicted molar refractivity (Wildman–Crippen MR) is 153 cm³/mol. The molecule has 0 saturated carbocycles. The maximum absolute atomic E-state index is 13.5. The molecule has 0 bridgehead atoms. The quantitative estimate of drug-likeness (QED) is 0.130. The van der Waals surface area contributed by atoms with Crippen LogP contribution in [0.25, 0.3) is 11.0 Å². The Morgan fingerprint density at radius 1 is 1.14 bits per heavy atom. The standard InChI is InChI=1S/C27H31Br2NO6S/c1-6-16(3)24(30-37(33,34)21-9-7-15(2)8-10-21)27(32)36-25-18(5)26-22(17(4)11-23(31)35-26)13-19(25)12-20(29)14-28/h7-11,13,16,20,24,30H,6,12,14H2,1-5H3/t16-,20-,24+/m1/s1. The molecule has 0 aliphatic heterocycles. The Balaban J connectivity index is 2.06. The normalized spacial score (nSPS) is 14.4.